The number of hydrogen-bond acceptors (Lipinski definition) is 2. The van der Waals surface area contributed by atoms with E-state index < -0.39 is 0 Å². The van der Waals surface area contributed by atoms with Crippen molar-refractivity contribution in [3.63, 3.8) is 0 Å². The predicted octanol–water partition coefficient (Wildman–Crippen LogP) is 2.76. The maximum Gasteiger partial charge on any atom is 0.263 e. The molecule has 13 heavy (non-hydrogen) atoms. The van der Waals surface area contributed by atoms with E-state index in [1.807, 2.05) is 6.92 Å². The Morgan fingerprint density at radius 2 is 2.46 bits per heavy atom. The molecular weight excluding hydrogens is 229 g/mol. The van der Waals surface area contributed by atoms with Crippen molar-refractivity contribution in [2.75, 3.05) is 5.88 Å². The fourth-order valence-electron chi connectivity index (χ4n) is 0.784. The van der Waals surface area contributed by atoms with Crippen molar-refractivity contribution in [3.8, 4) is 0 Å². The molecule has 1 aromatic rings. The minimum Gasteiger partial charge on any atom is -0.348 e. The number of carbonyl (C=O) groups excluding carboxylic acids is 1. The zero-order valence-corrected chi connectivity index (χ0v) is 9.34. The zero-order valence-electron chi connectivity index (χ0n) is 7.01. The average molecular weight is 238 g/mol. The van der Waals surface area contributed by atoms with Gasteiger partial charge in [-0.2, -0.15) is 0 Å². The molecule has 0 aliphatic heterocycles. The Labute approximate surface area is 90.8 Å². The molecule has 1 atom stereocenters. The van der Waals surface area contributed by atoms with Gasteiger partial charge in [-0.25, -0.2) is 0 Å². The van der Waals surface area contributed by atoms with Crippen molar-refractivity contribution in [1.82, 2.24) is 5.32 Å². The molecule has 1 amide bonds. The van der Waals surface area contributed by atoms with Crippen molar-refractivity contribution in [1.29, 1.82) is 0 Å². The van der Waals surface area contributed by atoms with Crippen LogP contribution < -0.4 is 5.32 Å². The van der Waals surface area contributed by atoms with E-state index in [0.717, 1.165) is 0 Å². The fourth-order valence-corrected chi connectivity index (χ4v) is 1.90. The molecule has 0 saturated carbocycles. The third-order valence-corrected chi connectivity index (χ3v) is 3.24. The SMILES string of the molecule is CC(CCl)NC(=O)c1sccc1Cl. The highest BCUT2D eigenvalue weighted by Crippen LogP contribution is 2.21. The molecule has 2 nitrogen and oxygen atoms in total. The minimum absolute atomic E-state index is 0.0349. The Balaban J connectivity index is 2.64. The highest BCUT2D eigenvalue weighted by molar-refractivity contribution is 7.12. The molecule has 72 valence electrons. The molecule has 1 rings (SSSR count). The van der Waals surface area contributed by atoms with Crippen LogP contribution in [0.4, 0.5) is 0 Å². The van der Waals surface area contributed by atoms with Gasteiger partial charge in [0.1, 0.15) is 4.88 Å². The van der Waals surface area contributed by atoms with Gasteiger partial charge in [-0.3, -0.25) is 4.79 Å². The van der Waals surface area contributed by atoms with Gasteiger partial charge in [-0.05, 0) is 18.4 Å². The van der Waals surface area contributed by atoms with Gasteiger partial charge in [-0.15, -0.1) is 22.9 Å². The van der Waals surface area contributed by atoms with Crippen LogP contribution in [0.25, 0.3) is 0 Å². The lowest BCUT2D eigenvalue weighted by Gasteiger charge is -2.08. The second kappa shape index (κ2) is 4.84. The summed E-state index contributed by atoms with van der Waals surface area (Å²) in [6, 6.07) is 1.67. The van der Waals surface area contributed by atoms with Crippen LogP contribution in [-0.2, 0) is 0 Å². The van der Waals surface area contributed by atoms with E-state index in [1.54, 1.807) is 11.4 Å². The van der Waals surface area contributed by atoms with Crippen LogP contribution in [0, 0.1) is 0 Å². The summed E-state index contributed by atoms with van der Waals surface area (Å²) in [6.45, 7) is 1.84. The van der Waals surface area contributed by atoms with Crippen molar-refractivity contribution in [2.45, 2.75) is 13.0 Å². The van der Waals surface area contributed by atoms with Crippen LogP contribution in [0.1, 0.15) is 16.6 Å². The molecule has 1 aromatic heterocycles. The first-order valence-corrected chi connectivity index (χ1v) is 5.54. The second-order valence-electron chi connectivity index (χ2n) is 2.63. The smallest absolute Gasteiger partial charge is 0.263 e. The Kier molecular flexibility index (Phi) is 4.03. The summed E-state index contributed by atoms with van der Waals surface area (Å²) in [5.41, 5.74) is 0. The molecule has 1 heterocycles. The van der Waals surface area contributed by atoms with Gasteiger partial charge in [0.15, 0.2) is 0 Å². The van der Waals surface area contributed by atoms with E-state index in [-0.39, 0.29) is 11.9 Å². The molecule has 0 aliphatic rings. The Morgan fingerprint density at radius 3 is 2.92 bits per heavy atom. The second-order valence-corrected chi connectivity index (χ2v) is 4.26. The number of rotatable bonds is 3. The van der Waals surface area contributed by atoms with E-state index in [0.29, 0.717) is 15.8 Å². The van der Waals surface area contributed by atoms with Gasteiger partial charge in [0.25, 0.3) is 5.91 Å². The summed E-state index contributed by atoms with van der Waals surface area (Å²) in [5.74, 6) is 0.238. The largest absolute Gasteiger partial charge is 0.348 e. The van der Waals surface area contributed by atoms with Crippen molar-refractivity contribution in [3.05, 3.63) is 21.3 Å². The standard InChI is InChI=1S/C8H9Cl2NOS/c1-5(4-9)11-8(12)7-6(10)2-3-13-7/h2-3,5H,4H2,1H3,(H,11,12). The molecule has 1 N–H and O–H groups in total. The maximum absolute atomic E-state index is 11.5. The lowest BCUT2D eigenvalue weighted by molar-refractivity contribution is 0.0948. The topological polar surface area (TPSA) is 29.1 Å². The Morgan fingerprint density at radius 1 is 1.77 bits per heavy atom. The highest BCUT2D eigenvalue weighted by Gasteiger charge is 2.13. The molecule has 0 saturated heterocycles. The van der Waals surface area contributed by atoms with Gasteiger partial charge in [0, 0.05) is 11.9 Å². The van der Waals surface area contributed by atoms with Gasteiger partial charge >= 0.3 is 0 Å². The van der Waals surface area contributed by atoms with Gasteiger partial charge in [-0.1, -0.05) is 11.6 Å². The molecule has 1 unspecified atom stereocenters. The molecular formula is C8H9Cl2NOS. The van der Waals surface area contributed by atoms with Crippen LogP contribution in [0.2, 0.25) is 5.02 Å². The fraction of sp³-hybridized carbons (Fsp3) is 0.375. The van der Waals surface area contributed by atoms with Gasteiger partial charge in [0.2, 0.25) is 0 Å². The lowest BCUT2D eigenvalue weighted by Crippen LogP contribution is -2.33. The van der Waals surface area contributed by atoms with Crippen molar-refractivity contribution < 1.29 is 4.79 Å². The molecule has 0 aliphatic carbocycles. The number of amides is 1. The lowest BCUT2D eigenvalue weighted by atomic mass is 10.3. The minimum atomic E-state index is -0.159. The van der Waals surface area contributed by atoms with E-state index >= 15 is 0 Å². The molecule has 0 radical (unpaired) electrons. The first kappa shape index (κ1) is 10.8. The molecule has 0 fully saturated rings. The number of nitrogens with one attached hydrogen (secondary N) is 1. The van der Waals surface area contributed by atoms with E-state index in [2.05, 4.69) is 5.32 Å². The summed E-state index contributed by atoms with van der Waals surface area (Å²) in [5, 5.41) is 5.00. The van der Waals surface area contributed by atoms with Crippen LogP contribution in [-0.4, -0.2) is 17.8 Å². The molecule has 0 bridgehead atoms. The highest BCUT2D eigenvalue weighted by atomic mass is 35.5. The predicted molar refractivity (Wildman–Crippen MR) is 57.0 cm³/mol. The monoisotopic (exact) mass is 237 g/mol. The zero-order chi connectivity index (χ0) is 9.84. The van der Waals surface area contributed by atoms with Crippen molar-refractivity contribution >= 4 is 40.4 Å². The molecule has 0 aromatic carbocycles. The number of thiophene rings is 1. The van der Waals surface area contributed by atoms with Crippen LogP contribution in [0.3, 0.4) is 0 Å². The van der Waals surface area contributed by atoms with E-state index in [9.17, 15) is 4.79 Å². The summed E-state index contributed by atoms with van der Waals surface area (Å²) in [6.07, 6.45) is 0. The number of hydrogen-bond donors (Lipinski definition) is 1. The third kappa shape index (κ3) is 2.86. The van der Waals surface area contributed by atoms with Gasteiger partial charge < -0.3 is 5.32 Å². The summed E-state index contributed by atoms with van der Waals surface area (Å²) >= 11 is 12.7. The van der Waals surface area contributed by atoms with Gasteiger partial charge in [0.05, 0.1) is 5.02 Å². The summed E-state index contributed by atoms with van der Waals surface area (Å²) in [7, 11) is 0. The quantitative estimate of drug-likeness (QED) is 0.806. The van der Waals surface area contributed by atoms with Crippen LogP contribution in [0.5, 0.6) is 0 Å². The number of halogens is 2. The van der Waals surface area contributed by atoms with E-state index in [1.165, 1.54) is 11.3 Å². The maximum atomic E-state index is 11.5. The normalized spacial score (nSPS) is 12.5. The molecule has 5 heteroatoms. The summed E-state index contributed by atoms with van der Waals surface area (Å²) in [4.78, 5) is 12.0. The Hall–Kier alpha value is -0.250. The number of carbonyl (C=O) groups is 1. The van der Waals surface area contributed by atoms with E-state index in [4.69, 9.17) is 23.2 Å². The summed E-state index contributed by atoms with van der Waals surface area (Å²) < 4.78 is 0. The first-order valence-electron chi connectivity index (χ1n) is 3.75. The average Bonchev–Trinajstić information content (AvgIpc) is 2.51. The third-order valence-electron chi connectivity index (χ3n) is 1.43. The van der Waals surface area contributed by atoms with Crippen LogP contribution in [0.15, 0.2) is 11.4 Å². The number of alkyl halides is 1. The van der Waals surface area contributed by atoms with Crippen LogP contribution >= 0.6 is 34.5 Å². The van der Waals surface area contributed by atoms with Crippen molar-refractivity contribution in [2.24, 2.45) is 0 Å². The first-order chi connectivity index (χ1) is 6.15. The Bertz CT molecular complexity index is 300. The molecule has 0 spiro atoms.